The number of carbonyl (C=O) groups is 4. The van der Waals surface area contributed by atoms with E-state index in [0.29, 0.717) is 51.0 Å². The summed E-state index contributed by atoms with van der Waals surface area (Å²) in [6.45, 7) is -0.422. The van der Waals surface area contributed by atoms with Gasteiger partial charge in [0.05, 0.1) is 41.4 Å². The third-order valence-electron chi connectivity index (χ3n) is 9.01. The first-order valence-electron chi connectivity index (χ1n) is 14.2. The highest BCUT2D eigenvalue weighted by Gasteiger charge is 2.61. The Morgan fingerprint density at radius 1 is 0.881 bits per heavy atom. The average molecular weight is 561 g/mol. The number of ketones is 1. The first kappa shape index (κ1) is 26.1. The number of rotatable bonds is 7. The van der Waals surface area contributed by atoms with E-state index in [1.165, 1.54) is 12.0 Å². The quantitative estimate of drug-likeness (QED) is 0.167. The fraction of sp³-hybridized carbons (Fsp3) is 0.265. The number of anilines is 1. The van der Waals surface area contributed by atoms with Crippen molar-refractivity contribution in [2.75, 3.05) is 18.6 Å². The number of methoxy groups -OCH3 is 1. The minimum atomic E-state index is -0.642. The minimum absolute atomic E-state index is 0.0812. The van der Waals surface area contributed by atoms with Gasteiger partial charge in [-0.25, -0.2) is 9.78 Å². The predicted molar refractivity (Wildman–Crippen MR) is 155 cm³/mol. The molecule has 4 aromatic rings. The average Bonchev–Trinajstić information content (AvgIpc) is 3.72. The van der Waals surface area contributed by atoms with Crippen LogP contribution in [-0.4, -0.2) is 42.3 Å². The molecule has 2 bridgehead atoms. The van der Waals surface area contributed by atoms with Gasteiger partial charge in [-0.1, -0.05) is 42.5 Å². The van der Waals surface area contributed by atoms with Gasteiger partial charge in [0.2, 0.25) is 11.8 Å². The van der Waals surface area contributed by atoms with Gasteiger partial charge in [-0.15, -0.1) is 0 Å². The van der Waals surface area contributed by atoms with Crippen molar-refractivity contribution in [2.45, 2.75) is 19.3 Å². The Morgan fingerprint density at radius 2 is 1.60 bits per heavy atom. The number of benzene rings is 3. The van der Waals surface area contributed by atoms with E-state index in [0.717, 1.165) is 19.3 Å². The predicted octanol–water partition coefficient (Wildman–Crippen LogP) is 5.49. The summed E-state index contributed by atoms with van der Waals surface area (Å²) in [5.41, 5.74) is 3.06. The maximum atomic E-state index is 13.3. The molecule has 1 aliphatic heterocycles. The van der Waals surface area contributed by atoms with E-state index >= 15 is 0 Å². The SMILES string of the molecule is COc1cccc(C(=O)COC(=O)c2cc(-c3ccc(N4C(=O)[C@H]5[C@H]6CC[C@@H](C6)[C@@H]5C4=O)cc3)nc3ccccc23)c1. The molecule has 8 nitrogen and oxygen atoms in total. The van der Waals surface area contributed by atoms with Crippen molar-refractivity contribution in [3.8, 4) is 17.0 Å². The van der Waals surface area contributed by atoms with Gasteiger partial charge < -0.3 is 9.47 Å². The lowest BCUT2D eigenvalue weighted by Crippen LogP contribution is -2.32. The summed E-state index contributed by atoms with van der Waals surface area (Å²) in [7, 11) is 1.52. The van der Waals surface area contributed by atoms with E-state index in [-0.39, 0.29) is 35.0 Å². The topological polar surface area (TPSA) is 103 Å². The Labute approximate surface area is 242 Å². The van der Waals surface area contributed by atoms with Crippen molar-refractivity contribution in [1.82, 2.24) is 4.98 Å². The second kappa shape index (κ2) is 10.2. The van der Waals surface area contributed by atoms with Gasteiger partial charge in [-0.2, -0.15) is 0 Å². The summed E-state index contributed by atoms with van der Waals surface area (Å²) in [6, 6.07) is 22.7. The number of hydrogen-bond acceptors (Lipinski definition) is 7. The summed E-state index contributed by atoms with van der Waals surface area (Å²) < 4.78 is 10.6. The number of amides is 2. The summed E-state index contributed by atoms with van der Waals surface area (Å²) in [5, 5.41) is 0.603. The van der Waals surface area contributed by atoms with E-state index in [4.69, 9.17) is 14.5 Å². The summed E-state index contributed by atoms with van der Waals surface area (Å²) in [6.07, 6.45) is 3.06. The molecule has 7 rings (SSSR count). The first-order valence-corrected chi connectivity index (χ1v) is 14.2. The minimum Gasteiger partial charge on any atom is -0.497 e. The smallest absolute Gasteiger partial charge is 0.339 e. The van der Waals surface area contributed by atoms with Crippen LogP contribution in [0, 0.1) is 23.7 Å². The van der Waals surface area contributed by atoms with Gasteiger partial charge in [0.15, 0.2) is 12.4 Å². The zero-order chi connectivity index (χ0) is 29.0. The van der Waals surface area contributed by atoms with Gasteiger partial charge in [0, 0.05) is 16.5 Å². The monoisotopic (exact) mass is 560 g/mol. The normalized spacial score (nSPS) is 22.5. The van der Waals surface area contributed by atoms with Gasteiger partial charge in [0.25, 0.3) is 0 Å². The van der Waals surface area contributed by atoms with Crippen molar-refractivity contribution in [1.29, 1.82) is 0 Å². The molecule has 210 valence electrons. The number of fused-ring (bicyclic) bond motifs is 6. The maximum Gasteiger partial charge on any atom is 0.339 e. The van der Waals surface area contributed by atoms with Crippen LogP contribution in [0.2, 0.25) is 0 Å². The van der Waals surface area contributed by atoms with Crippen molar-refractivity contribution >= 4 is 40.2 Å². The Hall–Kier alpha value is -4.85. The number of hydrogen-bond donors (Lipinski definition) is 0. The number of pyridine rings is 1. The molecule has 0 N–H and O–H groups in total. The number of Topliss-reactive ketones (excluding diaryl/α,β-unsaturated/α-hetero) is 1. The molecule has 42 heavy (non-hydrogen) atoms. The molecule has 4 atom stereocenters. The highest BCUT2D eigenvalue weighted by molar-refractivity contribution is 6.22. The number of nitrogens with zero attached hydrogens (tertiary/aromatic N) is 2. The fourth-order valence-corrected chi connectivity index (χ4v) is 7.03. The molecule has 3 aliphatic rings. The van der Waals surface area contributed by atoms with Crippen LogP contribution in [0.25, 0.3) is 22.2 Å². The van der Waals surface area contributed by atoms with Crippen molar-refractivity contribution in [3.63, 3.8) is 0 Å². The molecular weight excluding hydrogens is 532 g/mol. The molecule has 8 heteroatoms. The molecule has 2 amide bonds. The third kappa shape index (κ3) is 4.26. The van der Waals surface area contributed by atoms with Crippen molar-refractivity contribution in [2.24, 2.45) is 23.7 Å². The standard InChI is InChI=1S/C34H28N2O6/c1-41-24-6-4-5-20(16-24)29(37)18-42-34(40)26-17-28(35-27-8-3-2-7-25(26)27)19-11-13-23(14-12-19)36-32(38)30-21-9-10-22(15-21)31(30)33(36)39/h2-8,11-14,16-17,21-22,30-31H,9-10,15,18H2,1H3/t21-,22-,30-,31-/m0/s1. The molecule has 1 aromatic heterocycles. The van der Waals surface area contributed by atoms with Crippen LogP contribution in [0.15, 0.2) is 78.9 Å². The molecular formula is C34H28N2O6. The Kier molecular flexibility index (Phi) is 6.34. The number of aromatic nitrogens is 1. The lowest BCUT2D eigenvalue weighted by molar-refractivity contribution is -0.123. The summed E-state index contributed by atoms with van der Waals surface area (Å²) >= 11 is 0. The van der Waals surface area contributed by atoms with Crippen LogP contribution in [-0.2, 0) is 14.3 Å². The number of imide groups is 1. The van der Waals surface area contributed by atoms with Gasteiger partial charge in [0.1, 0.15) is 5.75 Å². The first-order chi connectivity index (χ1) is 20.4. The van der Waals surface area contributed by atoms with Crippen LogP contribution < -0.4 is 9.64 Å². The molecule has 3 fully saturated rings. The van der Waals surface area contributed by atoms with E-state index in [9.17, 15) is 19.2 Å². The lowest BCUT2D eigenvalue weighted by atomic mass is 9.81. The second-order valence-electron chi connectivity index (χ2n) is 11.2. The molecule has 2 heterocycles. The second-order valence-corrected chi connectivity index (χ2v) is 11.2. The van der Waals surface area contributed by atoms with Crippen molar-refractivity contribution in [3.05, 3.63) is 90.0 Å². The zero-order valence-corrected chi connectivity index (χ0v) is 23.0. The zero-order valence-electron chi connectivity index (χ0n) is 23.0. The summed E-state index contributed by atoms with van der Waals surface area (Å²) in [4.78, 5) is 58.6. The molecule has 1 saturated heterocycles. The van der Waals surface area contributed by atoms with E-state index in [2.05, 4.69) is 0 Å². The molecule has 2 saturated carbocycles. The van der Waals surface area contributed by atoms with Crippen molar-refractivity contribution < 1.29 is 28.7 Å². The van der Waals surface area contributed by atoms with E-state index in [1.54, 1.807) is 66.7 Å². The summed E-state index contributed by atoms with van der Waals surface area (Å²) in [5.74, 6) is -0.319. The third-order valence-corrected chi connectivity index (χ3v) is 9.01. The van der Waals surface area contributed by atoms with Crippen LogP contribution in [0.3, 0.4) is 0 Å². The number of ether oxygens (including phenoxy) is 2. The lowest BCUT2D eigenvalue weighted by Gasteiger charge is -2.19. The number of para-hydroxylation sites is 1. The Balaban J connectivity index is 1.14. The molecule has 0 spiro atoms. The Bertz CT molecular complexity index is 1740. The molecule has 0 radical (unpaired) electrons. The number of carbonyl (C=O) groups excluding carboxylic acids is 4. The van der Waals surface area contributed by atoms with Gasteiger partial charge in [-0.05, 0) is 67.5 Å². The maximum absolute atomic E-state index is 13.3. The highest BCUT2D eigenvalue weighted by Crippen LogP contribution is 2.56. The van der Waals surface area contributed by atoms with Crippen LogP contribution in [0.5, 0.6) is 5.75 Å². The largest absolute Gasteiger partial charge is 0.497 e. The number of esters is 1. The molecule has 0 unspecified atom stereocenters. The van der Waals surface area contributed by atoms with E-state index < -0.39 is 12.6 Å². The van der Waals surface area contributed by atoms with Gasteiger partial charge in [-0.3, -0.25) is 19.3 Å². The van der Waals surface area contributed by atoms with E-state index in [1.807, 2.05) is 12.1 Å². The van der Waals surface area contributed by atoms with Gasteiger partial charge >= 0.3 is 5.97 Å². The van der Waals surface area contributed by atoms with Crippen LogP contribution in [0.4, 0.5) is 5.69 Å². The van der Waals surface area contributed by atoms with Crippen LogP contribution in [0.1, 0.15) is 40.0 Å². The van der Waals surface area contributed by atoms with Crippen LogP contribution >= 0.6 is 0 Å². The Morgan fingerprint density at radius 3 is 2.31 bits per heavy atom. The molecule has 3 aromatic carbocycles. The highest BCUT2D eigenvalue weighted by atomic mass is 16.5. The molecule has 2 aliphatic carbocycles. The fourth-order valence-electron chi connectivity index (χ4n) is 7.03.